The number of aliphatic hydroxyl groups excluding tert-OH is 2. The van der Waals surface area contributed by atoms with Crippen molar-refractivity contribution in [2.45, 2.75) is 37.0 Å². The number of halogens is 5. The van der Waals surface area contributed by atoms with Gasteiger partial charge in [-0.3, -0.25) is 14.6 Å². The molecule has 2 aliphatic heterocycles. The fourth-order valence-corrected chi connectivity index (χ4v) is 7.82. The number of nitrogens with zero attached hydrogens (tertiary/aromatic N) is 6. The van der Waals surface area contributed by atoms with Crippen LogP contribution in [0.2, 0.25) is 20.1 Å². The molecule has 19 heteroatoms. The summed E-state index contributed by atoms with van der Waals surface area (Å²) in [5.74, 6) is -0.990. The lowest BCUT2D eigenvalue weighted by Crippen LogP contribution is -2.51. The number of nitrogens with two attached hydrogens (primary N) is 3. The van der Waals surface area contributed by atoms with Crippen molar-refractivity contribution in [3.8, 4) is 0 Å². The highest BCUT2D eigenvalue weighted by Crippen LogP contribution is 2.32. The van der Waals surface area contributed by atoms with Gasteiger partial charge in [-0.2, -0.15) is 10.2 Å². The van der Waals surface area contributed by atoms with Gasteiger partial charge in [-0.15, -0.1) is 0 Å². The molecule has 71 heavy (non-hydrogen) atoms. The summed E-state index contributed by atoms with van der Waals surface area (Å²) in [6, 6.07) is 48.6. The van der Waals surface area contributed by atoms with Crippen LogP contribution in [0.4, 0.5) is 0 Å². The van der Waals surface area contributed by atoms with E-state index in [1.54, 1.807) is 22.2 Å². The molecule has 6 aromatic carbocycles. The van der Waals surface area contributed by atoms with E-state index in [0.29, 0.717) is 57.5 Å². The second-order valence-corrected chi connectivity index (χ2v) is 18.1. The maximum atomic E-state index is 11.9. The summed E-state index contributed by atoms with van der Waals surface area (Å²) in [5.41, 5.74) is 23.0. The number of primary amides is 2. The van der Waals surface area contributed by atoms with Gasteiger partial charge in [-0.1, -0.05) is 156 Å². The van der Waals surface area contributed by atoms with E-state index in [2.05, 4.69) is 45.3 Å². The Morgan fingerprint density at radius 1 is 0.577 bits per heavy atom. The summed E-state index contributed by atoms with van der Waals surface area (Å²) in [5, 5.41) is 36.9. The Bertz CT molecular complexity index is 2800. The van der Waals surface area contributed by atoms with Crippen molar-refractivity contribution >= 4 is 92.5 Å². The number of carbonyl (C=O) groups is 2. The highest BCUT2D eigenvalue weighted by atomic mass is 35.5. The Hall–Kier alpha value is -6.33. The number of rotatable bonds is 13. The quantitative estimate of drug-likeness (QED) is 0.0375. The molecule has 0 bridgehead atoms. The van der Waals surface area contributed by atoms with Crippen LogP contribution < -0.4 is 22.5 Å². The molecule has 6 aromatic rings. The first kappa shape index (κ1) is 54.0. The van der Waals surface area contributed by atoms with Crippen molar-refractivity contribution in [3.05, 3.63) is 211 Å². The zero-order valence-electron chi connectivity index (χ0n) is 38.1. The second-order valence-electron chi connectivity index (χ2n) is 16.0. The Morgan fingerprint density at radius 2 is 0.972 bits per heavy atom. The molecule has 2 amide bonds. The number of hydrazone groups is 2. The topological polar surface area (TPSA) is 221 Å². The second kappa shape index (κ2) is 26.8. The van der Waals surface area contributed by atoms with E-state index in [4.69, 9.17) is 84.8 Å². The summed E-state index contributed by atoms with van der Waals surface area (Å²) >= 11 is 30.6. The average Bonchev–Trinajstić information content (AvgIpc) is 4.04. The molecular weight excluding hydrogens is 1010 g/mol. The smallest absolute Gasteiger partial charge is 0.242 e. The van der Waals surface area contributed by atoms with Gasteiger partial charge in [0, 0.05) is 31.9 Å². The summed E-state index contributed by atoms with van der Waals surface area (Å²) in [6.45, 7) is 1.04. The molecule has 0 fully saturated rings. The Morgan fingerprint density at radius 3 is 1.35 bits per heavy atom. The number of guanidine groups is 1. The molecule has 368 valence electrons. The van der Waals surface area contributed by atoms with Crippen LogP contribution in [0.25, 0.3) is 0 Å². The first-order chi connectivity index (χ1) is 34.2. The van der Waals surface area contributed by atoms with Crippen molar-refractivity contribution < 1.29 is 19.8 Å². The zero-order valence-corrected chi connectivity index (χ0v) is 41.9. The number of nitrogens with one attached hydrogen (secondary N) is 1. The number of hydrogen-bond donors (Lipinski definition) is 6. The van der Waals surface area contributed by atoms with Crippen molar-refractivity contribution in [1.82, 2.24) is 15.3 Å². The minimum Gasteiger partial charge on any atom is -0.394 e. The Labute approximate surface area is 437 Å². The average molecular weight is 1060 g/mol. The third-order valence-electron chi connectivity index (χ3n) is 11.0. The number of amidine groups is 1. The van der Waals surface area contributed by atoms with Gasteiger partial charge < -0.3 is 32.7 Å². The monoisotopic (exact) mass is 1050 g/mol. The minimum absolute atomic E-state index is 0.0546. The minimum atomic E-state index is -1.01. The molecule has 14 nitrogen and oxygen atoms in total. The fourth-order valence-electron chi connectivity index (χ4n) is 7.15. The molecule has 0 aromatic heterocycles. The number of hydrogen-bond acceptors (Lipinski definition) is 9. The molecular formula is C52H51Cl5N10O4. The van der Waals surface area contributed by atoms with Crippen molar-refractivity contribution in [2.24, 2.45) is 37.4 Å². The molecule has 4 atom stereocenters. The van der Waals surface area contributed by atoms with E-state index >= 15 is 0 Å². The van der Waals surface area contributed by atoms with Gasteiger partial charge in [0.25, 0.3) is 0 Å². The van der Waals surface area contributed by atoms with Crippen LogP contribution in [0.1, 0.15) is 45.2 Å². The van der Waals surface area contributed by atoms with Crippen LogP contribution in [-0.4, -0.2) is 93.1 Å². The number of aliphatic hydroxyl groups is 2. The first-order valence-corrected chi connectivity index (χ1v) is 24.0. The number of carbonyl (C=O) groups excluding carboxylic acids is 2. The fraction of sp³-hybridized carbons (Fsp3) is 0.192. The summed E-state index contributed by atoms with van der Waals surface area (Å²) in [6.07, 6.45) is 0. The normalized spacial score (nSPS) is 16.4. The van der Waals surface area contributed by atoms with Gasteiger partial charge in [0.2, 0.25) is 23.1 Å². The SMILES string of the molecule is ClC(=NCc1ccc(Cl)cc1)N1CC(c2ccccc2)C(c2ccc(Cl)cc2)=N1.NC(=O)C(CO)NC(=NCc1ccc(Cl)cc1)N1CC(c2ccccc2)C(c2ccc(Cl)cc2)=N1.NC(=O)C(N)CO. The van der Waals surface area contributed by atoms with Crippen molar-refractivity contribution in [3.63, 3.8) is 0 Å². The number of benzene rings is 6. The molecule has 0 saturated carbocycles. The molecule has 4 unspecified atom stereocenters. The molecule has 2 aliphatic rings. The van der Waals surface area contributed by atoms with Crippen molar-refractivity contribution in [2.75, 3.05) is 26.3 Å². The predicted molar refractivity (Wildman–Crippen MR) is 286 cm³/mol. The highest BCUT2D eigenvalue weighted by Gasteiger charge is 2.33. The van der Waals surface area contributed by atoms with Crippen LogP contribution in [0, 0.1) is 0 Å². The van der Waals surface area contributed by atoms with Crippen LogP contribution in [0.15, 0.2) is 178 Å². The van der Waals surface area contributed by atoms with Crippen molar-refractivity contribution in [1.29, 1.82) is 0 Å². The van der Waals surface area contributed by atoms with Crippen LogP contribution in [0.3, 0.4) is 0 Å². The third kappa shape index (κ3) is 15.8. The van der Waals surface area contributed by atoms with Crippen LogP contribution in [0.5, 0.6) is 0 Å². The maximum absolute atomic E-state index is 11.9. The molecule has 2 heterocycles. The maximum Gasteiger partial charge on any atom is 0.242 e. The van der Waals surface area contributed by atoms with Gasteiger partial charge in [-0.25, -0.2) is 15.0 Å². The largest absolute Gasteiger partial charge is 0.394 e. The predicted octanol–water partition coefficient (Wildman–Crippen LogP) is 8.17. The van der Waals surface area contributed by atoms with Crippen LogP contribution >= 0.6 is 58.0 Å². The van der Waals surface area contributed by atoms with Gasteiger partial charge in [0.15, 0.2) is 0 Å². The zero-order chi connectivity index (χ0) is 50.9. The Kier molecular flexibility index (Phi) is 20.4. The van der Waals surface area contributed by atoms with E-state index in [-0.39, 0.29) is 18.4 Å². The number of aliphatic imine (C=N–C) groups is 2. The van der Waals surface area contributed by atoms with E-state index in [1.165, 1.54) is 5.56 Å². The first-order valence-electron chi connectivity index (χ1n) is 22.1. The number of amides is 2. The Balaban J connectivity index is 0.000000208. The lowest BCUT2D eigenvalue weighted by molar-refractivity contribution is -0.121. The molecule has 0 aliphatic carbocycles. The summed E-state index contributed by atoms with van der Waals surface area (Å²) in [7, 11) is 0. The molecule has 9 N–H and O–H groups in total. The third-order valence-corrected chi connectivity index (χ3v) is 12.3. The summed E-state index contributed by atoms with van der Waals surface area (Å²) in [4.78, 5) is 30.9. The van der Waals surface area contributed by atoms with E-state index in [1.807, 2.05) is 121 Å². The molecule has 0 saturated heterocycles. The van der Waals surface area contributed by atoms with Gasteiger partial charge >= 0.3 is 0 Å². The molecule has 8 rings (SSSR count). The van der Waals surface area contributed by atoms with E-state index in [9.17, 15) is 14.7 Å². The van der Waals surface area contributed by atoms with Crippen LogP contribution in [-0.2, 0) is 22.7 Å². The standard InChI is InChI=1S/C26H25Cl2N5O2.C23H18Cl3N3.C3H8N2O2/c27-20-10-6-17(7-11-20)14-30-26(31-23(16-34)25(29)35)33-15-22(18-4-2-1-3-5-18)24(32-33)19-8-12-21(28)13-9-19;24-19-10-6-16(7-11-19)14-27-23(26)29-15-21(17-4-2-1-3-5-17)22(28-29)18-8-12-20(25)13-9-18;4-2(1-6)3(5)7/h1-13,22-23,34H,14-16H2,(H2,29,35)(H,30,31);1-13,21H,14-15H2;2,6H,1,4H2,(H2,5,7). The van der Waals surface area contributed by atoms with Gasteiger partial charge in [0.05, 0.1) is 50.8 Å². The van der Waals surface area contributed by atoms with Gasteiger partial charge in [0.1, 0.15) is 12.1 Å². The lowest BCUT2D eigenvalue weighted by Gasteiger charge is -2.23. The van der Waals surface area contributed by atoms with E-state index in [0.717, 1.165) is 39.2 Å². The van der Waals surface area contributed by atoms with E-state index < -0.39 is 30.5 Å². The summed E-state index contributed by atoms with van der Waals surface area (Å²) < 4.78 is 0. The van der Waals surface area contributed by atoms with Gasteiger partial charge in [-0.05, 0) is 93.5 Å². The molecule has 0 radical (unpaired) electrons. The highest BCUT2D eigenvalue weighted by molar-refractivity contribution is 6.64. The lowest BCUT2D eigenvalue weighted by atomic mass is 9.91. The molecule has 0 spiro atoms.